The molecule has 0 spiro atoms. The second kappa shape index (κ2) is 5.96. The molecule has 0 saturated carbocycles. The van der Waals surface area contributed by atoms with Crippen LogP contribution in [0.5, 0.6) is 0 Å². The summed E-state index contributed by atoms with van der Waals surface area (Å²) < 4.78 is 0. The van der Waals surface area contributed by atoms with Gasteiger partial charge in [-0.05, 0) is 31.5 Å². The molecule has 2 rings (SSSR count). The molecule has 1 heterocycles. The molecule has 19 heavy (non-hydrogen) atoms. The van der Waals surface area contributed by atoms with Crippen molar-refractivity contribution in [2.24, 2.45) is 0 Å². The van der Waals surface area contributed by atoms with Crippen LogP contribution in [0.25, 0.3) is 11.3 Å². The second-order valence-corrected chi connectivity index (χ2v) is 4.46. The summed E-state index contributed by atoms with van der Waals surface area (Å²) in [5.41, 5.74) is 4.40. The Balaban J connectivity index is 2.16. The van der Waals surface area contributed by atoms with E-state index in [0.29, 0.717) is 18.8 Å². The van der Waals surface area contributed by atoms with E-state index in [0.717, 1.165) is 11.3 Å². The van der Waals surface area contributed by atoms with Crippen LogP contribution in [0.15, 0.2) is 30.3 Å². The lowest BCUT2D eigenvalue weighted by Gasteiger charge is -2.07. The fraction of sp³-hybridized carbons (Fsp3) is 0.267. The SMILES string of the molecule is Cc1ccc(-c2ccc(NCCC#N)nn2)c(C)c1. The van der Waals surface area contributed by atoms with Crippen LogP contribution < -0.4 is 5.32 Å². The highest BCUT2D eigenvalue weighted by Crippen LogP contribution is 2.22. The van der Waals surface area contributed by atoms with Gasteiger partial charge in [0.2, 0.25) is 0 Å². The normalized spacial score (nSPS) is 9.95. The van der Waals surface area contributed by atoms with Crippen molar-refractivity contribution in [2.45, 2.75) is 20.3 Å². The molecule has 2 aromatic rings. The highest BCUT2D eigenvalue weighted by atomic mass is 15.2. The van der Waals surface area contributed by atoms with E-state index in [9.17, 15) is 0 Å². The highest BCUT2D eigenvalue weighted by Gasteiger charge is 2.04. The van der Waals surface area contributed by atoms with Crippen LogP contribution in [0, 0.1) is 25.2 Å². The van der Waals surface area contributed by atoms with Crippen LogP contribution in [0.2, 0.25) is 0 Å². The number of nitriles is 1. The number of benzene rings is 1. The van der Waals surface area contributed by atoms with Crippen molar-refractivity contribution < 1.29 is 0 Å². The second-order valence-electron chi connectivity index (χ2n) is 4.46. The maximum atomic E-state index is 8.46. The molecule has 0 atom stereocenters. The van der Waals surface area contributed by atoms with E-state index < -0.39 is 0 Å². The first kappa shape index (κ1) is 13.0. The number of nitrogens with zero attached hydrogens (tertiary/aromatic N) is 3. The fourth-order valence-electron chi connectivity index (χ4n) is 1.92. The molecule has 0 fully saturated rings. The van der Waals surface area contributed by atoms with Gasteiger partial charge in [-0.3, -0.25) is 0 Å². The van der Waals surface area contributed by atoms with Crippen LogP contribution in [0.4, 0.5) is 5.82 Å². The summed E-state index contributed by atoms with van der Waals surface area (Å²) in [4.78, 5) is 0. The van der Waals surface area contributed by atoms with Gasteiger partial charge in [0.1, 0.15) is 5.82 Å². The molecule has 0 aliphatic carbocycles. The van der Waals surface area contributed by atoms with E-state index in [1.54, 1.807) is 0 Å². The topological polar surface area (TPSA) is 61.6 Å². The number of anilines is 1. The maximum absolute atomic E-state index is 8.46. The number of rotatable bonds is 4. The van der Waals surface area contributed by atoms with Crippen molar-refractivity contribution in [3.8, 4) is 17.3 Å². The lowest BCUT2D eigenvalue weighted by molar-refractivity contribution is 0.991. The van der Waals surface area contributed by atoms with Gasteiger partial charge in [0.25, 0.3) is 0 Å². The largest absolute Gasteiger partial charge is 0.368 e. The van der Waals surface area contributed by atoms with Gasteiger partial charge in [0.15, 0.2) is 0 Å². The first-order chi connectivity index (χ1) is 9.20. The lowest BCUT2D eigenvalue weighted by Crippen LogP contribution is -2.03. The van der Waals surface area contributed by atoms with Gasteiger partial charge in [-0.25, -0.2) is 0 Å². The molecule has 1 aromatic carbocycles. The third kappa shape index (κ3) is 3.29. The molecule has 96 valence electrons. The van der Waals surface area contributed by atoms with E-state index in [-0.39, 0.29) is 0 Å². The Morgan fingerprint density at radius 3 is 2.63 bits per heavy atom. The molecule has 1 N–H and O–H groups in total. The van der Waals surface area contributed by atoms with Crippen LogP contribution in [0.3, 0.4) is 0 Å². The Kier molecular flexibility index (Phi) is 4.09. The standard InChI is InChI=1S/C15H16N4/c1-11-4-5-13(12(2)10-11)14-6-7-15(19-18-14)17-9-3-8-16/h4-7,10H,3,9H2,1-2H3,(H,17,19). The molecular weight excluding hydrogens is 236 g/mol. The quantitative estimate of drug-likeness (QED) is 0.849. The third-order valence-corrected chi connectivity index (χ3v) is 2.87. The summed E-state index contributed by atoms with van der Waals surface area (Å²) >= 11 is 0. The van der Waals surface area contributed by atoms with Crippen molar-refractivity contribution in [3.63, 3.8) is 0 Å². The Morgan fingerprint density at radius 2 is 2.00 bits per heavy atom. The van der Waals surface area contributed by atoms with E-state index in [4.69, 9.17) is 5.26 Å². The van der Waals surface area contributed by atoms with Crippen molar-refractivity contribution in [2.75, 3.05) is 11.9 Å². The van der Waals surface area contributed by atoms with Gasteiger partial charge in [-0.1, -0.05) is 23.8 Å². The van der Waals surface area contributed by atoms with E-state index in [1.165, 1.54) is 11.1 Å². The number of nitrogens with one attached hydrogen (secondary N) is 1. The van der Waals surface area contributed by atoms with Gasteiger partial charge in [0.05, 0.1) is 18.2 Å². The number of aromatic nitrogens is 2. The Morgan fingerprint density at radius 1 is 1.16 bits per heavy atom. The van der Waals surface area contributed by atoms with Gasteiger partial charge < -0.3 is 5.32 Å². The van der Waals surface area contributed by atoms with Crippen molar-refractivity contribution in [1.82, 2.24) is 10.2 Å². The number of hydrogen-bond donors (Lipinski definition) is 1. The molecule has 4 nitrogen and oxygen atoms in total. The molecular formula is C15H16N4. The third-order valence-electron chi connectivity index (χ3n) is 2.87. The van der Waals surface area contributed by atoms with Gasteiger partial charge in [-0.2, -0.15) is 5.26 Å². The minimum atomic E-state index is 0.459. The molecule has 0 radical (unpaired) electrons. The summed E-state index contributed by atoms with van der Waals surface area (Å²) in [6.07, 6.45) is 0.459. The number of aryl methyl sites for hydroxylation is 2. The highest BCUT2D eigenvalue weighted by molar-refractivity contribution is 5.64. The van der Waals surface area contributed by atoms with E-state index >= 15 is 0 Å². The average molecular weight is 252 g/mol. The zero-order chi connectivity index (χ0) is 13.7. The molecule has 0 saturated heterocycles. The molecule has 4 heteroatoms. The molecule has 0 aliphatic heterocycles. The minimum Gasteiger partial charge on any atom is -0.368 e. The van der Waals surface area contributed by atoms with Crippen molar-refractivity contribution >= 4 is 5.82 Å². The van der Waals surface area contributed by atoms with Crippen LogP contribution in [-0.2, 0) is 0 Å². The Hall–Kier alpha value is -2.41. The van der Waals surface area contributed by atoms with Crippen LogP contribution in [-0.4, -0.2) is 16.7 Å². The Labute approximate surface area is 113 Å². The van der Waals surface area contributed by atoms with Gasteiger partial charge >= 0.3 is 0 Å². The maximum Gasteiger partial charge on any atom is 0.148 e. The molecule has 1 aromatic heterocycles. The summed E-state index contributed by atoms with van der Waals surface area (Å²) in [6.45, 7) is 4.74. The first-order valence-corrected chi connectivity index (χ1v) is 6.23. The first-order valence-electron chi connectivity index (χ1n) is 6.23. The lowest BCUT2D eigenvalue weighted by atomic mass is 10.0. The molecule has 0 amide bonds. The van der Waals surface area contributed by atoms with Crippen molar-refractivity contribution in [3.05, 3.63) is 41.5 Å². The van der Waals surface area contributed by atoms with Gasteiger partial charge in [0, 0.05) is 12.1 Å². The summed E-state index contributed by atoms with van der Waals surface area (Å²) in [7, 11) is 0. The molecule has 0 unspecified atom stereocenters. The minimum absolute atomic E-state index is 0.459. The summed E-state index contributed by atoms with van der Waals surface area (Å²) in [6, 6.07) is 12.2. The number of hydrogen-bond acceptors (Lipinski definition) is 4. The molecule has 0 aliphatic rings. The van der Waals surface area contributed by atoms with E-state index in [1.807, 2.05) is 12.1 Å². The van der Waals surface area contributed by atoms with Gasteiger partial charge in [-0.15, -0.1) is 10.2 Å². The monoisotopic (exact) mass is 252 g/mol. The molecule has 0 bridgehead atoms. The zero-order valence-corrected chi connectivity index (χ0v) is 11.1. The smallest absolute Gasteiger partial charge is 0.148 e. The zero-order valence-electron chi connectivity index (χ0n) is 11.1. The fourth-order valence-corrected chi connectivity index (χ4v) is 1.92. The van der Waals surface area contributed by atoms with E-state index in [2.05, 4.69) is 53.6 Å². The Bertz CT molecular complexity index is 597. The predicted molar refractivity (Wildman–Crippen MR) is 75.7 cm³/mol. The van der Waals surface area contributed by atoms with Crippen LogP contribution >= 0.6 is 0 Å². The van der Waals surface area contributed by atoms with Crippen LogP contribution in [0.1, 0.15) is 17.5 Å². The summed E-state index contributed by atoms with van der Waals surface area (Å²) in [5, 5.41) is 19.9. The predicted octanol–water partition coefficient (Wildman–Crippen LogP) is 3.09. The van der Waals surface area contributed by atoms with Crippen molar-refractivity contribution in [1.29, 1.82) is 5.26 Å². The average Bonchev–Trinajstić information content (AvgIpc) is 2.40. The summed E-state index contributed by atoms with van der Waals surface area (Å²) in [5.74, 6) is 0.698.